The highest BCUT2D eigenvalue weighted by molar-refractivity contribution is 5.83. The lowest BCUT2D eigenvalue weighted by atomic mass is 10.2. The van der Waals surface area contributed by atoms with Crippen LogP contribution in [0.5, 0.6) is 0 Å². The molecule has 104 valence electrons. The topological polar surface area (TPSA) is 88.1 Å². The van der Waals surface area contributed by atoms with E-state index in [4.69, 9.17) is 14.6 Å². The zero-order valence-electron chi connectivity index (χ0n) is 10.7. The molecule has 7 nitrogen and oxygen atoms in total. The van der Waals surface area contributed by atoms with Crippen LogP contribution in [0.15, 0.2) is 0 Å². The first-order chi connectivity index (χ1) is 8.60. The van der Waals surface area contributed by atoms with Crippen molar-refractivity contribution in [3.05, 3.63) is 0 Å². The molecule has 0 spiro atoms. The zero-order valence-corrected chi connectivity index (χ0v) is 10.7. The smallest absolute Gasteiger partial charge is 0.326 e. The van der Waals surface area contributed by atoms with Crippen LogP contribution in [0.2, 0.25) is 0 Å². The maximum atomic E-state index is 11.8. The Morgan fingerprint density at radius 2 is 2.22 bits per heavy atom. The minimum Gasteiger partial charge on any atom is -0.480 e. The number of carbonyl (C=O) groups excluding carboxylic acids is 1. The van der Waals surface area contributed by atoms with Crippen molar-refractivity contribution in [2.24, 2.45) is 0 Å². The van der Waals surface area contributed by atoms with Crippen LogP contribution in [0.4, 0.5) is 4.79 Å². The van der Waals surface area contributed by atoms with Crippen molar-refractivity contribution in [1.82, 2.24) is 10.2 Å². The lowest BCUT2D eigenvalue weighted by molar-refractivity contribution is -0.141. The van der Waals surface area contributed by atoms with Gasteiger partial charge in [0.2, 0.25) is 0 Å². The Morgan fingerprint density at radius 1 is 1.50 bits per heavy atom. The number of hydrogen-bond acceptors (Lipinski definition) is 4. The molecule has 0 aromatic heterocycles. The first kappa shape index (κ1) is 14.7. The third-order valence-electron chi connectivity index (χ3n) is 2.97. The molecule has 0 aromatic carbocycles. The van der Waals surface area contributed by atoms with Crippen LogP contribution < -0.4 is 5.32 Å². The first-order valence-electron chi connectivity index (χ1n) is 5.89. The van der Waals surface area contributed by atoms with E-state index in [1.165, 1.54) is 12.0 Å². The van der Waals surface area contributed by atoms with Gasteiger partial charge >= 0.3 is 12.0 Å². The maximum Gasteiger partial charge on any atom is 0.326 e. The fourth-order valence-electron chi connectivity index (χ4n) is 1.97. The van der Waals surface area contributed by atoms with Crippen molar-refractivity contribution in [2.75, 3.05) is 33.9 Å². The second-order valence-corrected chi connectivity index (χ2v) is 4.19. The molecule has 0 saturated carbocycles. The van der Waals surface area contributed by atoms with E-state index in [9.17, 15) is 9.59 Å². The van der Waals surface area contributed by atoms with Gasteiger partial charge in [-0.05, 0) is 12.8 Å². The number of methoxy groups -OCH3 is 2. The molecule has 1 saturated heterocycles. The van der Waals surface area contributed by atoms with Gasteiger partial charge in [0.25, 0.3) is 0 Å². The van der Waals surface area contributed by atoms with Gasteiger partial charge in [0.15, 0.2) is 0 Å². The zero-order chi connectivity index (χ0) is 13.5. The van der Waals surface area contributed by atoms with Crippen molar-refractivity contribution >= 4 is 12.0 Å². The molecule has 0 radical (unpaired) electrons. The van der Waals surface area contributed by atoms with E-state index in [0.717, 1.165) is 6.42 Å². The van der Waals surface area contributed by atoms with Crippen LogP contribution >= 0.6 is 0 Å². The number of likely N-dealkylation sites (tertiary alicyclic amines) is 1. The summed E-state index contributed by atoms with van der Waals surface area (Å²) in [6.07, 6.45) is 0.995. The van der Waals surface area contributed by atoms with E-state index < -0.39 is 12.0 Å². The van der Waals surface area contributed by atoms with Crippen molar-refractivity contribution in [3.8, 4) is 0 Å². The molecule has 0 aliphatic carbocycles. The Bertz CT molecular complexity index is 297. The van der Waals surface area contributed by atoms with Gasteiger partial charge in [-0.2, -0.15) is 0 Å². The van der Waals surface area contributed by atoms with E-state index in [1.807, 2.05) is 0 Å². The number of carbonyl (C=O) groups is 2. The monoisotopic (exact) mass is 260 g/mol. The lowest BCUT2D eigenvalue weighted by Crippen LogP contribution is -2.48. The number of ether oxygens (including phenoxy) is 2. The molecule has 18 heavy (non-hydrogen) atoms. The quantitative estimate of drug-likeness (QED) is 0.696. The van der Waals surface area contributed by atoms with Crippen LogP contribution in [0, 0.1) is 0 Å². The second-order valence-electron chi connectivity index (χ2n) is 4.19. The van der Waals surface area contributed by atoms with Crippen LogP contribution in [0.25, 0.3) is 0 Å². The number of carboxylic acids is 1. The fourth-order valence-corrected chi connectivity index (χ4v) is 1.97. The molecule has 1 fully saturated rings. The van der Waals surface area contributed by atoms with E-state index in [-0.39, 0.29) is 12.1 Å². The fraction of sp³-hybridized carbons (Fsp3) is 0.818. The first-order valence-corrected chi connectivity index (χ1v) is 5.89. The minimum atomic E-state index is -0.956. The summed E-state index contributed by atoms with van der Waals surface area (Å²) in [5, 5.41) is 11.6. The summed E-state index contributed by atoms with van der Waals surface area (Å²) in [6.45, 7) is 1.15. The van der Waals surface area contributed by atoms with Gasteiger partial charge in [-0.3, -0.25) is 0 Å². The largest absolute Gasteiger partial charge is 0.480 e. The predicted molar refractivity (Wildman–Crippen MR) is 63.4 cm³/mol. The number of hydrogen-bond donors (Lipinski definition) is 2. The van der Waals surface area contributed by atoms with Crippen molar-refractivity contribution in [2.45, 2.75) is 25.0 Å². The summed E-state index contributed by atoms with van der Waals surface area (Å²) in [7, 11) is 3.08. The summed E-state index contributed by atoms with van der Waals surface area (Å²) in [4.78, 5) is 24.1. The van der Waals surface area contributed by atoms with Gasteiger partial charge in [0.05, 0.1) is 12.7 Å². The molecule has 0 bridgehead atoms. The third kappa shape index (κ3) is 3.85. The SMILES string of the molecule is COCC(CNC(=O)N1CCC[C@@H]1C(=O)O)OC. The average Bonchev–Trinajstić information content (AvgIpc) is 2.83. The molecule has 1 unspecified atom stereocenters. The molecular formula is C11H20N2O5. The number of nitrogens with zero attached hydrogens (tertiary/aromatic N) is 1. The average molecular weight is 260 g/mol. The molecule has 2 amide bonds. The summed E-state index contributed by atoms with van der Waals surface area (Å²) in [5.74, 6) is -0.956. The Labute approximate surface area is 106 Å². The van der Waals surface area contributed by atoms with Gasteiger partial charge in [-0.25, -0.2) is 9.59 Å². The van der Waals surface area contributed by atoms with Crippen molar-refractivity contribution in [3.63, 3.8) is 0 Å². The minimum absolute atomic E-state index is 0.232. The summed E-state index contributed by atoms with van der Waals surface area (Å²) in [6, 6.07) is -1.08. The normalized spacial score (nSPS) is 20.8. The highest BCUT2D eigenvalue weighted by Crippen LogP contribution is 2.17. The van der Waals surface area contributed by atoms with E-state index >= 15 is 0 Å². The maximum absolute atomic E-state index is 11.8. The predicted octanol–water partition coefficient (Wildman–Crippen LogP) is -0.0936. The molecule has 7 heteroatoms. The number of urea groups is 1. The lowest BCUT2D eigenvalue weighted by Gasteiger charge is -2.23. The van der Waals surface area contributed by atoms with Crippen LogP contribution in [0.3, 0.4) is 0 Å². The Kier molecular flexibility index (Phi) is 5.87. The Hall–Kier alpha value is -1.34. The van der Waals surface area contributed by atoms with E-state index in [0.29, 0.717) is 26.1 Å². The number of rotatable bonds is 6. The molecule has 1 aliphatic rings. The van der Waals surface area contributed by atoms with Crippen LogP contribution in [0.1, 0.15) is 12.8 Å². The van der Waals surface area contributed by atoms with Crippen molar-refractivity contribution < 1.29 is 24.2 Å². The van der Waals surface area contributed by atoms with Gasteiger partial charge in [0.1, 0.15) is 6.04 Å². The van der Waals surface area contributed by atoms with Gasteiger partial charge in [-0.1, -0.05) is 0 Å². The van der Waals surface area contributed by atoms with Gasteiger partial charge in [-0.15, -0.1) is 0 Å². The van der Waals surface area contributed by atoms with Crippen LogP contribution in [-0.4, -0.2) is 68.1 Å². The Balaban J connectivity index is 2.42. The van der Waals surface area contributed by atoms with Gasteiger partial charge in [0, 0.05) is 27.3 Å². The highest BCUT2D eigenvalue weighted by atomic mass is 16.5. The van der Waals surface area contributed by atoms with Crippen molar-refractivity contribution in [1.29, 1.82) is 0 Å². The number of aliphatic carboxylic acids is 1. The number of amides is 2. The van der Waals surface area contributed by atoms with Gasteiger partial charge < -0.3 is 24.8 Å². The number of carboxylic acid groups (broad SMARTS) is 1. The highest BCUT2D eigenvalue weighted by Gasteiger charge is 2.33. The molecule has 1 rings (SSSR count). The third-order valence-corrected chi connectivity index (χ3v) is 2.97. The molecule has 1 aliphatic heterocycles. The van der Waals surface area contributed by atoms with E-state index in [2.05, 4.69) is 5.32 Å². The molecular weight excluding hydrogens is 240 g/mol. The summed E-state index contributed by atoms with van der Waals surface area (Å²) >= 11 is 0. The number of nitrogens with one attached hydrogen (secondary N) is 1. The molecule has 0 aromatic rings. The molecule has 1 heterocycles. The summed E-state index contributed by atoms with van der Waals surface area (Å²) < 4.78 is 10.0. The molecule has 2 N–H and O–H groups in total. The Morgan fingerprint density at radius 3 is 2.78 bits per heavy atom. The van der Waals surface area contributed by atoms with E-state index in [1.54, 1.807) is 7.11 Å². The second kappa shape index (κ2) is 7.17. The summed E-state index contributed by atoms with van der Waals surface area (Å²) in [5.41, 5.74) is 0. The standard InChI is InChI=1S/C11H20N2O5/c1-17-7-8(18-2)6-12-11(16)13-5-3-4-9(13)10(14)15/h8-9H,3-7H2,1-2H3,(H,12,16)(H,14,15)/t8?,9-/m1/s1. The van der Waals surface area contributed by atoms with Crippen LogP contribution in [-0.2, 0) is 14.3 Å². The molecule has 2 atom stereocenters.